The molecular formula is C17H21N5S. The second kappa shape index (κ2) is 6.29. The van der Waals surface area contributed by atoms with E-state index in [9.17, 15) is 0 Å². The third-order valence-corrected chi connectivity index (χ3v) is 5.14. The van der Waals surface area contributed by atoms with Gasteiger partial charge in [0.2, 0.25) is 5.95 Å². The van der Waals surface area contributed by atoms with E-state index in [0.717, 1.165) is 60.2 Å². The SMILES string of the molecule is Cc1nc(Cn2c(NC3CCNCC3)nc3ccccc32)cs1. The number of imidazole rings is 1. The molecule has 23 heavy (non-hydrogen) atoms. The summed E-state index contributed by atoms with van der Waals surface area (Å²) in [6.45, 7) is 4.96. The Kier molecular flexibility index (Phi) is 4.01. The summed E-state index contributed by atoms with van der Waals surface area (Å²) in [7, 11) is 0. The van der Waals surface area contributed by atoms with Crippen LogP contribution in [0.3, 0.4) is 0 Å². The first-order valence-corrected chi connectivity index (χ1v) is 9.01. The van der Waals surface area contributed by atoms with Gasteiger partial charge in [0.25, 0.3) is 0 Å². The van der Waals surface area contributed by atoms with Crippen molar-refractivity contribution in [3.63, 3.8) is 0 Å². The first-order chi connectivity index (χ1) is 11.3. The number of para-hydroxylation sites is 2. The van der Waals surface area contributed by atoms with Crippen molar-refractivity contribution < 1.29 is 0 Å². The third-order valence-electron chi connectivity index (χ3n) is 4.31. The third kappa shape index (κ3) is 3.09. The topological polar surface area (TPSA) is 54.8 Å². The number of rotatable bonds is 4. The second-order valence-corrected chi connectivity index (χ2v) is 7.10. The maximum atomic E-state index is 4.82. The van der Waals surface area contributed by atoms with Gasteiger partial charge in [-0.15, -0.1) is 11.3 Å². The fourth-order valence-corrected chi connectivity index (χ4v) is 3.74. The van der Waals surface area contributed by atoms with Crippen LogP contribution in [0.5, 0.6) is 0 Å². The molecule has 0 radical (unpaired) electrons. The van der Waals surface area contributed by atoms with Gasteiger partial charge < -0.3 is 15.2 Å². The minimum Gasteiger partial charge on any atom is -0.353 e. The summed E-state index contributed by atoms with van der Waals surface area (Å²) >= 11 is 1.70. The molecule has 0 amide bonds. The number of hydrogen-bond acceptors (Lipinski definition) is 5. The van der Waals surface area contributed by atoms with E-state index in [1.807, 2.05) is 13.0 Å². The molecule has 1 saturated heterocycles. The molecule has 1 aliphatic heterocycles. The predicted molar refractivity (Wildman–Crippen MR) is 95.2 cm³/mol. The summed E-state index contributed by atoms with van der Waals surface area (Å²) in [5.41, 5.74) is 3.30. The van der Waals surface area contributed by atoms with E-state index in [1.54, 1.807) is 11.3 Å². The summed E-state index contributed by atoms with van der Waals surface area (Å²) in [5.74, 6) is 0.962. The first-order valence-electron chi connectivity index (χ1n) is 8.13. The summed E-state index contributed by atoms with van der Waals surface area (Å²) in [6.07, 6.45) is 2.28. The Labute approximate surface area is 139 Å². The van der Waals surface area contributed by atoms with Crippen molar-refractivity contribution in [2.45, 2.75) is 32.4 Å². The first kappa shape index (κ1) is 14.7. The van der Waals surface area contributed by atoms with Gasteiger partial charge in [-0.05, 0) is 45.0 Å². The van der Waals surface area contributed by atoms with Crippen LogP contribution in [-0.2, 0) is 6.54 Å². The highest BCUT2D eigenvalue weighted by Crippen LogP contribution is 2.23. The van der Waals surface area contributed by atoms with E-state index in [0.29, 0.717) is 6.04 Å². The van der Waals surface area contributed by atoms with Gasteiger partial charge in [0.15, 0.2) is 0 Å². The second-order valence-electron chi connectivity index (χ2n) is 6.04. The van der Waals surface area contributed by atoms with E-state index >= 15 is 0 Å². The van der Waals surface area contributed by atoms with E-state index in [2.05, 4.69) is 43.8 Å². The van der Waals surface area contributed by atoms with E-state index < -0.39 is 0 Å². The maximum absolute atomic E-state index is 4.82. The maximum Gasteiger partial charge on any atom is 0.204 e. The standard InChI is InChI=1S/C17H21N5S/c1-12-19-14(11-23-12)10-22-16-5-3-2-4-15(16)21-17(22)20-13-6-8-18-9-7-13/h2-5,11,13,18H,6-10H2,1H3,(H,20,21). The molecule has 1 aromatic carbocycles. The van der Waals surface area contributed by atoms with Crippen LogP contribution >= 0.6 is 11.3 Å². The van der Waals surface area contributed by atoms with Crippen molar-refractivity contribution in [3.05, 3.63) is 40.3 Å². The highest BCUT2D eigenvalue weighted by molar-refractivity contribution is 7.09. The van der Waals surface area contributed by atoms with Crippen molar-refractivity contribution in [1.82, 2.24) is 19.9 Å². The lowest BCUT2D eigenvalue weighted by molar-refractivity contribution is 0.476. The molecule has 0 atom stereocenters. The number of thiazole rings is 1. The predicted octanol–water partition coefficient (Wildman–Crippen LogP) is 3.01. The Balaban J connectivity index is 1.68. The molecule has 3 aromatic rings. The van der Waals surface area contributed by atoms with Crippen molar-refractivity contribution in [1.29, 1.82) is 0 Å². The number of aryl methyl sites for hydroxylation is 1. The van der Waals surface area contributed by atoms with Gasteiger partial charge in [0.1, 0.15) is 0 Å². The highest BCUT2D eigenvalue weighted by Gasteiger charge is 2.17. The van der Waals surface area contributed by atoms with Crippen LogP contribution in [0.2, 0.25) is 0 Å². The van der Waals surface area contributed by atoms with Crippen LogP contribution in [-0.4, -0.2) is 33.7 Å². The van der Waals surface area contributed by atoms with Crippen molar-refractivity contribution in [2.24, 2.45) is 0 Å². The van der Waals surface area contributed by atoms with E-state index in [4.69, 9.17) is 4.98 Å². The zero-order valence-corrected chi connectivity index (χ0v) is 14.1. The van der Waals surface area contributed by atoms with Crippen molar-refractivity contribution >= 4 is 28.3 Å². The zero-order chi connectivity index (χ0) is 15.6. The Hall–Kier alpha value is -1.92. The lowest BCUT2D eigenvalue weighted by atomic mass is 10.1. The van der Waals surface area contributed by atoms with E-state index in [1.165, 1.54) is 0 Å². The summed E-state index contributed by atoms with van der Waals surface area (Å²) < 4.78 is 2.26. The highest BCUT2D eigenvalue weighted by atomic mass is 32.1. The number of benzene rings is 1. The minimum absolute atomic E-state index is 0.490. The Morgan fingerprint density at radius 1 is 1.26 bits per heavy atom. The van der Waals surface area contributed by atoms with Gasteiger partial charge in [0.05, 0.1) is 28.3 Å². The van der Waals surface area contributed by atoms with Crippen molar-refractivity contribution in [3.8, 4) is 0 Å². The number of aromatic nitrogens is 3. The fraction of sp³-hybridized carbons (Fsp3) is 0.412. The molecule has 1 aliphatic rings. The Morgan fingerprint density at radius 3 is 2.87 bits per heavy atom. The summed E-state index contributed by atoms with van der Waals surface area (Å²) in [6, 6.07) is 8.81. The lowest BCUT2D eigenvalue weighted by Gasteiger charge is -2.24. The number of fused-ring (bicyclic) bond motifs is 1. The van der Waals surface area contributed by atoms with Crippen LogP contribution in [0.4, 0.5) is 5.95 Å². The average molecular weight is 327 g/mol. The zero-order valence-electron chi connectivity index (χ0n) is 13.2. The molecule has 0 saturated carbocycles. The summed E-state index contributed by atoms with van der Waals surface area (Å²) in [5, 5.41) is 10.3. The Morgan fingerprint density at radius 2 is 2.09 bits per heavy atom. The number of nitrogens with zero attached hydrogens (tertiary/aromatic N) is 3. The van der Waals surface area contributed by atoms with Gasteiger partial charge in [-0.25, -0.2) is 9.97 Å². The molecule has 0 spiro atoms. The van der Waals surface area contributed by atoms with Crippen LogP contribution in [0.25, 0.3) is 11.0 Å². The summed E-state index contributed by atoms with van der Waals surface area (Å²) in [4.78, 5) is 9.43. The van der Waals surface area contributed by atoms with Gasteiger partial charge in [-0.1, -0.05) is 12.1 Å². The number of nitrogens with one attached hydrogen (secondary N) is 2. The molecule has 4 rings (SSSR count). The molecule has 5 nitrogen and oxygen atoms in total. The van der Waals surface area contributed by atoms with Crippen molar-refractivity contribution in [2.75, 3.05) is 18.4 Å². The molecule has 2 N–H and O–H groups in total. The van der Waals surface area contributed by atoms with Crippen LogP contribution in [0, 0.1) is 6.92 Å². The Bertz CT molecular complexity index is 800. The lowest BCUT2D eigenvalue weighted by Crippen LogP contribution is -2.36. The molecule has 0 aliphatic carbocycles. The minimum atomic E-state index is 0.490. The normalized spacial score (nSPS) is 16.0. The van der Waals surface area contributed by atoms with Gasteiger partial charge >= 0.3 is 0 Å². The number of anilines is 1. The smallest absolute Gasteiger partial charge is 0.204 e. The largest absolute Gasteiger partial charge is 0.353 e. The molecule has 3 heterocycles. The van der Waals surface area contributed by atoms with Gasteiger partial charge in [-0.2, -0.15) is 0 Å². The van der Waals surface area contributed by atoms with Crippen LogP contribution in [0.15, 0.2) is 29.6 Å². The monoisotopic (exact) mass is 327 g/mol. The molecule has 2 aromatic heterocycles. The quantitative estimate of drug-likeness (QED) is 0.773. The molecule has 0 unspecified atom stereocenters. The van der Waals surface area contributed by atoms with Gasteiger partial charge in [-0.3, -0.25) is 0 Å². The fourth-order valence-electron chi connectivity index (χ4n) is 3.14. The average Bonchev–Trinajstić information content (AvgIpc) is 3.13. The van der Waals surface area contributed by atoms with Crippen LogP contribution < -0.4 is 10.6 Å². The molecule has 120 valence electrons. The number of hydrogen-bond donors (Lipinski definition) is 2. The number of piperidine rings is 1. The van der Waals surface area contributed by atoms with Gasteiger partial charge in [0, 0.05) is 11.4 Å². The molecular weight excluding hydrogens is 306 g/mol. The molecule has 0 bridgehead atoms. The van der Waals surface area contributed by atoms with E-state index in [-0.39, 0.29) is 0 Å². The van der Waals surface area contributed by atoms with Crippen LogP contribution in [0.1, 0.15) is 23.5 Å². The molecule has 6 heteroatoms. The molecule has 1 fully saturated rings.